The van der Waals surface area contributed by atoms with Gasteiger partial charge in [0.2, 0.25) is 5.91 Å². The predicted molar refractivity (Wildman–Crippen MR) is 56.5 cm³/mol. The largest absolute Gasteiger partial charge is 0.375 e. The van der Waals surface area contributed by atoms with Crippen molar-refractivity contribution in [2.45, 2.75) is 12.8 Å². The molecular formula is C6H10N4OS2. The summed E-state index contributed by atoms with van der Waals surface area (Å²) in [7, 11) is 0. The van der Waals surface area contributed by atoms with E-state index in [0.717, 1.165) is 12.8 Å². The molecule has 1 aliphatic rings. The molecule has 5 nitrogen and oxygen atoms in total. The highest BCUT2D eigenvalue weighted by Crippen LogP contribution is 2.28. The van der Waals surface area contributed by atoms with E-state index in [0.29, 0.717) is 0 Å². The first-order chi connectivity index (χ1) is 6.09. The number of thiocarbonyl (C=S) groups is 2. The quantitative estimate of drug-likeness (QED) is 0.339. The second-order valence-corrected chi connectivity index (χ2v) is 3.55. The van der Waals surface area contributed by atoms with Crippen LogP contribution in [0.15, 0.2) is 0 Å². The van der Waals surface area contributed by atoms with E-state index in [1.807, 2.05) is 0 Å². The van der Waals surface area contributed by atoms with E-state index in [1.54, 1.807) is 0 Å². The van der Waals surface area contributed by atoms with Crippen molar-refractivity contribution >= 4 is 40.6 Å². The summed E-state index contributed by atoms with van der Waals surface area (Å²) in [5.41, 5.74) is 10.0. The third-order valence-electron chi connectivity index (χ3n) is 1.48. The Bertz CT molecular complexity index is 251. The van der Waals surface area contributed by atoms with Crippen LogP contribution in [0, 0.1) is 5.92 Å². The van der Waals surface area contributed by atoms with Crippen LogP contribution >= 0.6 is 24.4 Å². The average Bonchev–Trinajstić information content (AvgIpc) is 2.82. The van der Waals surface area contributed by atoms with Crippen molar-refractivity contribution in [3.05, 3.63) is 0 Å². The summed E-state index contributed by atoms with van der Waals surface area (Å²) in [6.45, 7) is 0. The molecule has 0 aromatic rings. The minimum atomic E-state index is -0.0535. The molecule has 72 valence electrons. The van der Waals surface area contributed by atoms with E-state index < -0.39 is 0 Å². The number of carbonyl (C=O) groups is 1. The van der Waals surface area contributed by atoms with Gasteiger partial charge in [-0.05, 0) is 37.3 Å². The Morgan fingerprint density at radius 2 is 1.92 bits per heavy atom. The van der Waals surface area contributed by atoms with Gasteiger partial charge in [-0.1, -0.05) is 0 Å². The fourth-order valence-corrected chi connectivity index (χ4v) is 0.912. The standard InChI is InChI=1S/C6H10N4OS2/c7-5(12)9-10-6(13)8-4(11)3-1-2-3/h3H,1-2H2,(H3,7,9,12)(H2,8,10,11,13). The maximum absolute atomic E-state index is 11.1. The number of carbonyl (C=O) groups excluding carboxylic acids is 1. The van der Waals surface area contributed by atoms with Crippen molar-refractivity contribution in [1.29, 1.82) is 0 Å². The fourth-order valence-electron chi connectivity index (χ4n) is 0.709. The Labute approximate surface area is 86.4 Å². The molecule has 0 aromatic heterocycles. The lowest BCUT2D eigenvalue weighted by atomic mass is 10.4. The van der Waals surface area contributed by atoms with Gasteiger partial charge < -0.3 is 11.1 Å². The molecule has 0 spiro atoms. The zero-order chi connectivity index (χ0) is 9.84. The van der Waals surface area contributed by atoms with Gasteiger partial charge in [-0.2, -0.15) is 0 Å². The molecule has 1 fully saturated rings. The molecule has 7 heteroatoms. The van der Waals surface area contributed by atoms with Crippen LogP contribution in [0.25, 0.3) is 0 Å². The number of rotatable bonds is 1. The molecule has 0 atom stereocenters. The SMILES string of the molecule is NC(=S)NNC(=S)NC(=O)C1CC1. The molecule has 1 saturated carbocycles. The van der Waals surface area contributed by atoms with Crippen LogP contribution < -0.4 is 21.9 Å². The summed E-state index contributed by atoms with van der Waals surface area (Å²) in [5, 5.41) is 2.76. The Morgan fingerprint density at radius 3 is 2.38 bits per heavy atom. The van der Waals surface area contributed by atoms with E-state index in [1.165, 1.54) is 0 Å². The van der Waals surface area contributed by atoms with E-state index >= 15 is 0 Å². The zero-order valence-corrected chi connectivity index (χ0v) is 8.43. The third-order valence-corrected chi connectivity index (χ3v) is 1.79. The molecule has 13 heavy (non-hydrogen) atoms. The smallest absolute Gasteiger partial charge is 0.229 e. The van der Waals surface area contributed by atoms with Crippen LogP contribution in [0.5, 0.6) is 0 Å². The van der Waals surface area contributed by atoms with Crippen molar-refractivity contribution < 1.29 is 4.79 Å². The first-order valence-corrected chi connectivity index (χ1v) is 4.57. The Balaban J connectivity index is 2.16. The van der Waals surface area contributed by atoms with Gasteiger partial charge in [-0.3, -0.25) is 15.6 Å². The van der Waals surface area contributed by atoms with Crippen molar-refractivity contribution in [2.75, 3.05) is 0 Å². The van der Waals surface area contributed by atoms with Gasteiger partial charge in [0.15, 0.2) is 10.2 Å². The minimum absolute atomic E-state index is 0.0535. The first-order valence-electron chi connectivity index (χ1n) is 3.76. The zero-order valence-electron chi connectivity index (χ0n) is 6.79. The summed E-state index contributed by atoms with van der Waals surface area (Å²) in [4.78, 5) is 11.1. The monoisotopic (exact) mass is 218 g/mol. The number of hydrogen-bond donors (Lipinski definition) is 4. The fraction of sp³-hybridized carbons (Fsp3) is 0.500. The van der Waals surface area contributed by atoms with Gasteiger partial charge in [0, 0.05) is 5.92 Å². The van der Waals surface area contributed by atoms with Crippen LogP contribution in [0.1, 0.15) is 12.8 Å². The average molecular weight is 218 g/mol. The molecule has 0 heterocycles. The molecular weight excluding hydrogens is 208 g/mol. The van der Waals surface area contributed by atoms with E-state index in [9.17, 15) is 4.79 Å². The number of hydrazine groups is 1. The lowest BCUT2D eigenvalue weighted by Crippen LogP contribution is -2.50. The van der Waals surface area contributed by atoms with Gasteiger partial charge in [0.05, 0.1) is 0 Å². The van der Waals surface area contributed by atoms with E-state index in [2.05, 4.69) is 28.4 Å². The molecule has 0 radical (unpaired) electrons. The molecule has 1 amide bonds. The molecule has 5 N–H and O–H groups in total. The molecule has 1 rings (SSSR count). The normalized spacial score (nSPS) is 14.5. The maximum Gasteiger partial charge on any atom is 0.229 e. The number of nitrogens with one attached hydrogen (secondary N) is 3. The highest BCUT2D eigenvalue weighted by molar-refractivity contribution is 7.80. The van der Waals surface area contributed by atoms with Crippen LogP contribution in [0.2, 0.25) is 0 Å². The van der Waals surface area contributed by atoms with Gasteiger partial charge in [0.1, 0.15) is 0 Å². The number of hydrogen-bond acceptors (Lipinski definition) is 3. The van der Waals surface area contributed by atoms with Crippen LogP contribution in [-0.4, -0.2) is 16.1 Å². The topological polar surface area (TPSA) is 79.2 Å². The van der Waals surface area contributed by atoms with Gasteiger partial charge >= 0.3 is 0 Å². The second-order valence-electron chi connectivity index (χ2n) is 2.71. The van der Waals surface area contributed by atoms with E-state index in [-0.39, 0.29) is 22.0 Å². The number of nitrogens with two attached hydrogens (primary N) is 1. The minimum Gasteiger partial charge on any atom is -0.375 e. The highest BCUT2D eigenvalue weighted by atomic mass is 32.1. The van der Waals surface area contributed by atoms with Crippen molar-refractivity contribution in [3.8, 4) is 0 Å². The Morgan fingerprint density at radius 1 is 1.31 bits per heavy atom. The highest BCUT2D eigenvalue weighted by Gasteiger charge is 2.29. The van der Waals surface area contributed by atoms with Crippen molar-refractivity contribution in [1.82, 2.24) is 16.2 Å². The molecule has 0 aromatic carbocycles. The van der Waals surface area contributed by atoms with Crippen molar-refractivity contribution in [2.24, 2.45) is 11.7 Å². The van der Waals surface area contributed by atoms with Crippen LogP contribution in [0.4, 0.5) is 0 Å². The lowest BCUT2D eigenvalue weighted by molar-refractivity contribution is -0.120. The molecule has 0 unspecified atom stereocenters. The Kier molecular flexibility index (Phi) is 3.38. The third kappa shape index (κ3) is 4.00. The predicted octanol–water partition coefficient (Wildman–Crippen LogP) is -0.865. The van der Waals surface area contributed by atoms with E-state index in [4.69, 9.17) is 18.0 Å². The van der Waals surface area contributed by atoms with Gasteiger partial charge in [0.25, 0.3) is 0 Å². The molecule has 1 aliphatic carbocycles. The van der Waals surface area contributed by atoms with Crippen molar-refractivity contribution in [3.63, 3.8) is 0 Å². The molecule has 0 aliphatic heterocycles. The second kappa shape index (κ2) is 4.33. The summed E-state index contributed by atoms with van der Waals surface area (Å²) in [5.74, 6) is 0.0758. The van der Waals surface area contributed by atoms with Crippen LogP contribution in [-0.2, 0) is 4.79 Å². The molecule has 0 saturated heterocycles. The lowest BCUT2D eigenvalue weighted by Gasteiger charge is -2.09. The summed E-state index contributed by atoms with van der Waals surface area (Å²) >= 11 is 9.30. The first kappa shape index (κ1) is 10.1. The van der Waals surface area contributed by atoms with Crippen LogP contribution in [0.3, 0.4) is 0 Å². The number of amides is 1. The Hall–Kier alpha value is -0.950. The maximum atomic E-state index is 11.1. The summed E-state index contributed by atoms with van der Waals surface area (Å²) in [6, 6.07) is 0. The summed E-state index contributed by atoms with van der Waals surface area (Å²) < 4.78 is 0. The van der Waals surface area contributed by atoms with Gasteiger partial charge in [-0.25, -0.2) is 0 Å². The van der Waals surface area contributed by atoms with Gasteiger partial charge in [-0.15, -0.1) is 0 Å². The summed E-state index contributed by atoms with van der Waals surface area (Å²) in [6.07, 6.45) is 1.88. The molecule has 0 bridgehead atoms.